The minimum absolute atomic E-state index is 0.115. The first-order valence-electron chi connectivity index (χ1n) is 10.1. The van der Waals surface area contributed by atoms with Crippen LogP contribution in [0.25, 0.3) is 0 Å². The number of anilines is 1. The van der Waals surface area contributed by atoms with E-state index in [4.69, 9.17) is 4.74 Å². The minimum Gasteiger partial charge on any atom is -0.496 e. The lowest BCUT2D eigenvalue weighted by atomic mass is 9.79. The van der Waals surface area contributed by atoms with Crippen molar-refractivity contribution in [2.75, 3.05) is 11.4 Å². The number of ether oxygens (including phenoxy) is 1. The van der Waals surface area contributed by atoms with E-state index in [1.807, 2.05) is 31.2 Å². The molecule has 29 heavy (non-hydrogen) atoms. The SMILES string of the molecule is COc1c(C(C)(C)C)cc(S(=O)(=O)N2c3ccccc3C[C@H]2C)cc1C(C)(C)C. The van der Waals surface area contributed by atoms with Crippen LogP contribution < -0.4 is 9.04 Å². The molecule has 1 aliphatic heterocycles. The van der Waals surface area contributed by atoms with E-state index in [1.54, 1.807) is 23.5 Å². The monoisotopic (exact) mass is 415 g/mol. The number of nitrogens with zero attached hydrogens (tertiary/aromatic N) is 1. The highest BCUT2D eigenvalue weighted by Gasteiger charge is 2.38. The number of methoxy groups -OCH3 is 1. The molecule has 2 aromatic rings. The molecule has 0 N–H and O–H groups in total. The maximum atomic E-state index is 13.9. The van der Waals surface area contributed by atoms with E-state index in [2.05, 4.69) is 41.5 Å². The molecular formula is C24H33NO3S. The van der Waals surface area contributed by atoms with Crippen molar-refractivity contribution in [3.8, 4) is 5.75 Å². The van der Waals surface area contributed by atoms with Gasteiger partial charge in [0.1, 0.15) is 5.75 Å². The molecule has 0 amide bonds. The van der Waals surface area contributed by atoms with Gasteiger partial charge >= 0.3 is 0 Å². The van der Waals surface area contributed by atoms with Gasteiger partial charge in [0.25, 0.3) is 10.0 Å². The zero-order chi connectivity index (χ0) is 21.8. The van der Waals surface area contributed by atoms with Crippen LogP contribution in [0.1, 0.15) is 65.2 Å². The first kappa shape index (κ1) is 21.7. The van der Waals surface area contributed by atoms with E-state index in [9.17, 15) is 8.42 Å². The summed E-state index contributed by atoms with van der Waals surface area (Å²) in [5.74, 6) is 0.777. The van der Waals surface area contributed by atoms with Gasteiger partial charge in [-0.05, 0) is 47.9 Å². The summed E-state index contributed by atoms with van der Waals surface area (Å²) in [5.41, 5.74) is 3.16. The van der Waals surface area contributed by atoms with Crippen LogP contribution >= 0.6 is 0 Å². The number of fused-ring (bicyclic) bond motifs is 1. The van der Waals surface area contributed by atoms with Gasteiger partial charge in [-0.15, -0.1) is 0 Å². The van der Waals surface area contributed by atoms with E-state index in [0.717, 1.165) is 34.5 Å². The number of para-hydroxylation sites is 1. The Morgan fingerprint density at radius 1 is 0.966 bits per heavy atom. The van der Waals surface area contributed by atoms with Crippen LogP contribution in [0.4, 0.5) is 5.69 Å². The summed E-state index contributed by atoms with van der Waals surface area (Å²) in [6, 6.07) is 11.3. The van der Waals surface area contributed by atoms with Gasteiger partial charge in [-0.2, -0.15) is 0 Å². The van der Waals surface area contributed by atoms with Gasteiger partial charge in [-0.1, -0.05) is 59.7 Å². The maximum absolute atomic E-state index is 13.9. The minimum atomic E-state index is -3.71. The zero-order valence-electron chi connectivity index (χ0n) is 18.8. The van der Waals surface area contributed by atoms with E-state index in [-0.39, 0.29) is 16.9 Å². The quantitative estimate of drug-likeness (QED) is 0.671. The number of hydrogen-bond acceptors (Lipinski definition) is 3. The molecule has 0 aliphatic carbocycles. The van der Waals surface area contributed by atoms with Crippen molar-refractivity contribution in [1.29, 1.82) is 0 Å². The first-order valence-corrected chi connectivity index (χ1v) is 11.6. The standard InChI is InChI=1S/C24H33NO3S/c1-16-13-17-11-9-10-12-21(17)25(16)29(26,27)18-14-19(23(2,3)4)22(28-8)20(15-18)24(5,6)7/h9-12,14-16H,13H2,1-8H3/t16-/m1/s1. The van der Waals surface area contributed by atoms with E-state index in [0.29, 0.717) is 4.90 Å². The summed E-state index contributed by atoms with van der Waals surface area (Å²) in [6.45, 7) is 14.5. The average Bonchev–Trinajstić information content (AvgIpc) is 2.95. The Morgan fingerprint density at radius 3 is 1.97 bits per heavy atom. The lowest BCUT2D eigenvalue weighted by Gasteiger charge is -2.31. The third-order valence-electron chi connectivity index (χ3n) is 5.58. The molecule has 5 heteroatoms. The smallest absolute Gasteiger partial charge is 0.264 e. The molecule has 158 valence electrons. The Kier molecular flexibility index (Phi) is 5.27. The Hall–Kier alpha value is -2.01. The molecule has 1 aliphatic rings. The molecule has 0 saturated heterocycles. The van der Waals surface area contributed by atoms with Crippen LogP contribution in [-0.4, -0.2) is 21.6 Å². The number of rotatable bonds is 3. The van der Waals surface area contributed by atoms with Crippen molar-refractivity contribution in [3.05, 3.63) is 53.1 Å². The van der Waals surface area contributed by atoms with E-state index < -0.39 is 10.0 Å². The van der Waals surface area contributed by atoms with Crippen molar-refractivity contribution in [2.45, 2.75) is 76.7 Å². The van der Waals surface area contributed by atoms with E-state index in [1.165, 1.54) is 0 Å². The van der Waals surface area contributed by atoms with Crippen LogP contribution in [0, 0.1) is 0 Å². The lowest BCUT2D eigenvalue weighted by molar-refractivity contribution is 0.380. The summed E-state index contributed by atoms with van der Waals surface area (Å²) in [7, 11) is -2.05. The largest absolute Gasteiger partial charge is 0.496 e. The molecule has 0 aromatic heterocycles. The summed E-state index contributed by atoms with van der Waals surface area (Å²) in [5, 5.41) is 0. The van der Waals surface area contributed by atoms with E-state index >= 15 is 0 Å². The van der Waals surface area contributed by atoms with Crippen molar-refractivity contribution in [3.63, 3.8) is 0 Å². The van der Waals surface area contributed by atoms with Crippen LogP contribution in [0.2, 0.25) is 0 Å². The molecule has 0 spiro atoms. The first-order chi connectivity index (χ1) is 13.3. The van der Waals surface area contributed by atoms with Gasteiger partial charge in [0.15, 0.2) is 0 Å². The molecule has 0 radical (unpaired) electrons. The summed E-state index contributed by atoms with van der Waals surface area (Å²) in [6.07, 6.45) is 0.726. The van der Waals surface area contributed by atoms with Gasteiger partial charge in [-0.3, -0.25) is 4.31 Å². The van der Waals surface area contributed by atoms with Crippen LogP contribution in [0.15, 0.2) is 41.3 Å². The van der Waals surface area contributed by atoms with Crippen molar-refractivity contribution < 1.29 is 13.2 Å². The van der Waals surface area contributed by atoms with Crippen molar-refractivity contribution in [1.82, 2.24) is 0 Å². The Balaban J connectivity index is 2.28. The second kappa shape index (κ2) is 7.05. The normalized spacial score (nSPS) is 17.4. The highest BCUT2D eigenvalue weighted by molar-refractivity contribution is 7.92. The highest BCUT2D eigenvalue weighted by Crippen LogP contribution is 2.43. The Labute approximate surface area is 175 Å². The predicted octanol–water partition coefficient (Wildman–Crippen LogP) is 5.43. The molecule has 2 aromatic carbocycles. The fraction of sp³-hybridized carbons (Fsp3) is 0.500. The van der Waals surface area contributed by atoms with Crippen molar-refractivity contribution in [2.24, 2.45) is 0 Å². The summed E-state index contributed by atoms with van der Waals surface area (Å²) in [4.78, 5) is 0.330. The third kappa shape index (κ3) is 3.77. The molecule has 0 fully saturated rings. The molecule has 0 unspecified atom stereocenters. The van der Waals surface area contributed by atoms with Gasteiger partial charge in [0.05, 0.1) is 17.7 Å². The van der Waals surface area contributed by atoms with Crippen LogP contribution in [0.5, 0.6) is 5.75 Å². The fourth-order valence-electron chi connectivity index (χ4n) is 4.10. The molecular weight excluding hydrogens is 382 g/mol. The molecule has 0 bridgehead atoms. The fourth-order valence-corrected chi connectivity index (χ4v) is 5.85. The number of benzene rings is 2. The second-order valence-corrected chi connectivity index (χ2v) is 11.8. The Morgan fingerprint density at radius 2 is 1.48 bits per heavy atom. The molecule has 3 rings (SSSR count). The van der Waals surface area contributed by atoms with Crippen LogP contribution in [-0.2, 0) is 27.3 Å². The van der Waals surface area contributed by atoms with Crippen molar-refractivity contribution >= 4 is 15.7 Å². The van der Waals surface area contributed by atoms with Gasteiger partial charge in [-0.25, -0.2) is 8.42 Å². The summed E-state index contributed by atoms with van der Waals surface area (Å²) < 4.78 is 35.1. The van der Waals surface area contributed by atoms with Gasteiger partial charge in [0, 0.05) is 17.2 Å². The maximum Gasteiger partial charge on any atom is 0.264 e. The molecule has 0 saturated carbocycles. The van der Waals surface area contributed by atoms with Gasteiger partial charge in [0.2, 0.25) is 0 Å². The van der Waals surface area contributed by atoms with Gasteiger partial charge < -0.3 is 4.74 Å². The lowest BCUT2D eigenvalue weighted by Crippen LogP contribution is -2.36. The average molecular weight is 416 g/mol. The molecule has 4 nitrogen and oxygen atoms in total. The number of sulfonamides is 1. The second-order valence-electron chi connectivity index (χ2n) is 10.0. The zero-order valence-corrected chi connectivity index (χ0v) is 19.6. The Bertz CT molecular complexity index is 992. The third-order valence-corrected chi connectivity index (χ3v) is 7.49. The molecule has 1 heterocycles. The van der Waals surface area contributed by atoms with Crippen LogP contribution in [0.3, 0.4) is 0 Å². The predicted molar refractivity (Wildman–Crippen MR) is 120 cm³/mol. The highest BCUT2D eigenvalue weighted by atomic mass is 32.2. The molecule has 1 atom stereocenters. The topological polar surface area (TPSA) is 46.6 Å². The summed E-state index contributed by atoms with van der Waals surface area (Å²) >= 11 is 0. The number of hydrogen-bond donors (Lipinski definition) is 0.